The Morgan fingerprint density at radius 3 is 2.72 bits per heavy atom. The number of H-pyrrole nitrogens is 1. The SMILES string of the molecule is COc1ccccc1N1CCN(C2CCCN(C(=O)c3cnc[nH]c3=O)C2)CC1. The summed E-state index contributed by atoms with van der Waals surface area (Å²) in [6.45, 7) is 5.07. The Balaban J connectivity index is 1.38. The first-order valence-corrected chi connectivity index (χ1v) is 10.1. The number of hydrogen-bond donors (Lipinski definition) is 1. The molecule has 2 saturated heterocycles. The van der Waals surface area contributed by atoms with Gasteiger partial charge in [0.2, 0.25) is 0 Å². The zero-order chi connectivity index (χ0) is 20.2. The minimum absolute atomic E-state index is 0.120. The topological polar surface area (TPSA) is 81.8 Å². The summed E-state index contributed by atoms with van der Waals surface area (Å²) in [4.78, 5) is 37.7. The molecule has 1 unspecified atom stereocenters. The van der Waals surface area contributed by atoms with Crippen LogP contribution < -0.4 is 15.2 Å². The molecule has 3 heterocycles. The Morgan fingerprint density at radius 2 is 1.97 bits per heavy atom. The molecule has 0 saturated carbocycles. The Morgan fingerprint density at radius 1 is 1.17 bits per heavy atom. The molecule has 8 nitrogen and oxygen atoms in total. The van der Waals surface area contributed by atoms with Gasteiger partial charge in [-0.1, -0.05) is 12.1 Å². The number of hydrogen-bond acceptors (Lipinski definition) is 6. The van der Waals surface area contributed by atoms with Crippen molar-refractivity contribution in [3.8, 4) is 5.75 Å². The maximum absolute atomic E-state index is 12.8. The third-order valence-corrected chi connectivity index (χ3v) is 5.89. The number of aromatic nitrogens is 2. The average molecular weight is 397 g/mol. The fourth-order valence-electron chi connectivity index (χ4n) is 4.32. The monoisotopic (exact) mass is 397 g/mol. The van der Waals surface area contributed by atoms with Crippen LogP contribution in [0.15, 0.2) is 41.6 Å². The highest BCUT2D eigenvalue weighted by atomic mass is 16.5. The van der Waals surface area contributed by atoms with Gasteiger partial charge in [0, 0.05) is 51.5 Å². The van der Waals surface area contributed by atoms with Crippen molar-refractivity contribution < 1.29 is 9.53 Å². The number of likely N-dealkylation sites (tertiary alicyclic amines) is 1. The lowest BCUT2D eigenvalue weighted by atomic mass is 10.0. The van der Waals surface area contributed by atoms with Crippen LogP contribution in [0, 0.1) is 0 Å². The van der Waals surface area contributed by atoms with E-state index in [9.17, 15) is 9.59 Å². The van der Waals surface area contributed by atoms with Crippen LogP contribution in [0.2, 0.25) is 0 Å². The second kappa shape index (κ2) is 8.65. The van der Waals surface area contributed by atoms with Crippen molar-refractivity contribution in [1.82, 2.24) is 19.8 Å². The number of ether oxygens (including phenoxy) is 1. The van der Waals surface area contributed by atoms with Gasteiger partial charge in [-0.05, 0) is 25.0 Å². The smallest absolute Gasteiger partial charge is 0.263 e. The number of rotatable bonds is 4. The molecule has 154 valence electrons. The van der Waals surface area contributed by atoms with Gasteiger partial charge in [-0.15, -0.1) is 0 Å². The van der Waals surface area contributed by atoms with Crippen LogP contribution in [-0.2, 0) is 0 Å². The number of piperidine rings is 1. The quantitative estimate of drug-likeness (QED) is 0.835. The van der Waals surface area contributed by atoms with E-state index in [2.05, 4.69) is 25.8 Å². The van der Waals surface area contributed by atoms with E-state index in [0.29, 0.717) is 19.1 Å². The van der Waals surface area contributed by atoms with Gasteiger partial charge in [0.05, 0.1) is 19.1 Å². The summed E-state index contributed by atoms with van der Waals surface area (Å²) in [5.74, 6) is 0.675. The molecule has 1 aromatic carbocycles. The minimum atomic E-state index is -0.377. The van der Waals surface area contributed by atoms with Gasteiger partial charge < -0.3 is 19.5 Å². The van der Waals surface area contributed by atoms with Crippen molar-refractivity contribution >= 4 is 11.6 Å². The summed E-state index contributed by atoms with van der Waals surface area (Å²) < 4.78 is 5.50. The molecule has 0 bridgehead atoms. The number of nitrogens with one attached hydrogen (secondary N) is 1. The van der Waals surface area contributed by atoms with Gasteiger partial charge >= 0.3 is 0 Å². The maximum atomic E-state index is 12.8. The predicted molar refractivity (Wildman–Crippen MR) is 111 cm³/mol. The van der Waals surface area contributed by atoms with Crippen LogP contribution in [0.25, 0.3) is 0 Å². The summed E-state index contributed by atoms with van der Waals surface area (Å²) in [5, 5.41) is 0. The van der Waals surface area contributed by atoms with Crippen molar-refractivity contribution in [3.63, 3.8) is 0 Å². The van der Waals surface area contributed by atoms with Crippen molar-refractivity contribution in [3.05, 3.63) is 52.7 Å². The number of benzene rings is 1. The molecular weight excluding hydrogens is 370 g/mol. The van der Waals surface area contributed by atoms with E-state index in [0.717, 1.165) is 50.5 Å². The van der Waals surface area contributed by atoms with E-state index >= 15 is 0 Å². The van der Waals surface area contributed by atoms with Crippen molar-refractivity contribution in [2.45, 2.75) is 18.9 Å². The van der Waals surface area contributed by atoms with Crippen LogP contribution in [-0.4, -0.2) is 78.1 Å². The lowest BCUT2D eigenvalue weighted by molar-refractivity contribution is 0.0561. The predicted octanol–water partition coefficient (Wildman–Crippen LogP) is 1.21. The van der Waals surface area contributed by atoms with E-state index in [1.165, 1.54) is 12.5 Å². The standard InChI is InChI=1S/C21H27N5O3/c1-29-19-7-3-2-6-18(19)25-11-9-24(10-12-25)16-5-4-8-26(14-16)21(28)17-13-22-15-23-20(17)27/h2-3,6-7,13,15-16H,4-5,8-12,14H2,1H3,(H,22,23,27). The molecule has 2 aromatic rings. The van der Waals surface area contributed by atoms with Crippen LogP contribution >= 0.6 is 0 Å². The zero-order valence-electron chi connectivity index (χ0n) is 16.7. The fraction of sp³-hybridized carbons (Fsp3) is 0.476. The lowest BCUT2D eigenvalue weighted by Gasteiger charge is -2.44. The molecule has 0 spiro atoms. The van der Waals surface area contributed by atoms with Crippen LogP contribution in [0.5, 0.6) is 5.75 Å². The number of carbonyl (C=O) groups excluding carboxylic acids is 1. The van der Waals surface area contributed by atoms with Crippen molar-refractivity contribution in [1.29, 1.82) is 0 Å². The molecule has 1 N–H and O–H groups in total. The van der Waals surface area contributed by atoms with E-state index < -0.39 is 0 Å². The Bertz CT molecular complexity index is 907. The number of aromatic amines is 1. The van der Waals surface area contributed by atoms with E-state index in [1.54, 1.807) is 12.0 Å². The lowest BCUT2D eigenvalue weighted by Crippen LogP contribution is -2.56. The Labute approximate surface area is 170 Å². The molecule has 2 aliphatic heterocycles. The Kier molecular flexibility index (Phi) is 5.80. The van der Waals surface area contributed by atoms with Crippen molar-refractivity contribution in [2.75, 3.05) is 51.3 Å². The highest BCUT2D eigenvalue weighted by molar-refractivity contribution is 5.93. The first kappa shape index (κ1) is 19.4. The molecule has 8 heteroatoms. The second-order valence-electron chi connectivity index (χ2n) is 7.54. The third kappa shape index (κ3) is 4.12. The number of para-hydroxylation sites is 2. The largest absolute Gasteiger partial charge is 0.495 e. The number of amides is 1. The summed E-state index contributed by atoms with van der Waals surface area (Å²) in [7, 11) is 1.70. The van der Waals surface area contributed by atoms with Crippen LogP contribution in [0.1, 0.15) is 23.2 Å². The van der Waals surface area contributed by atoms with Crippen LogP contribution in [0.4, 0.5) is 5.69 Å². The normalized spacial score (nSPS) is 20.5. The molecule has 29 heavy (non-hydrogen) atoms. The third-order valence-electron chi connectivity index (χ3n) is 5.89. The zero-order valence-corrected chi connectivity index (χ0v) is 16.7. The first-order chi connectivity index (χ1) is 14.2. The molecule has 1 atom stereocenters. The summed E-state index contributed by atoms with van der Waals surface area (Å²) in [5.41, 5.74) is 0.873. The van der Waals surface area contributed by atoms with Crippen LogP contribution in [0.3, 0.4) is 0 Å². The average Bonchev–Trinajstić information content (AvgIpc) is 2.79. The summed E-state index contributed by atoms with van der Waals surface area (Å²) >= 11 is 0. The van der Waals surface area contributed by atoms with Gasteiger partial charge in [-0.25, -0.2) is 4.98 Å². The number of carbonyl (C=O) groups is 1. The molecule has 4 rings (SSSR count). The number of nitrogens with zero attached hydrogens (tertiary/aromatic N) is 4. The molecule has 1 aromatic heterocycles. The summed E-state index contributed by atoms with van der Waals surface area (Å²) in [6, 6.07) is 8.44. The number of methoxy groups -OCH3 is 1. The second-order valence-corrected chi connectivity index (χ2v) is 7.54. The maximum Gasteiger partial charge on any atom is 0.263 e. The molecule has 0 radical (unpaired) electrons. The molecule has 2 aliphatic rings. The molecular formula is C21H27N5O3. The first-order valence-electron chi connectivity index (χ1n) is 10.1. The van der Waals surface area contributed by atoms with Gasteiger partial charge in [-0.2, -0.15) is 0 Å². The number of anilines is 1. The van der Waals surface area contributed by atoms with E-state index in [4.69, 9.17) is 4.74 Å². The van der Waals surface area contributed by atoms with E-state index in [1.807, 2.05) is 18.2 Å². The fourth-order valence-corrected chi connectivity index (χ4v) is 4.32. The summed E-state index contributed by atoms with van der Waals surface area (Å²) in [6.07, 6.45) is 4.68. The van der Waals surface area contributed by atoms with Crippen molar-refractivity contribution in [2.24, 2.45) is 0 Å². The highest BCUT2D eigenvalue weighted by Gasteiger charge is 2.31. The van der Waals surface area contributed by atoms with Gasteiger partial charge in [0.15, 0.2) is 0 Å². The van der Waals surface area contributed by atoms with Gasteiger partial charge in [-0.3, -0.25) is 14.5 Å². The van der Waals surface area contributed by atoms with E-state index in [-0.39, 0.29) is 17.0 Å². The minimum Gasteiger partial charge on any atom is -0.495 e. The van der Waals surface area contributed by atoms with Gasteiger partial charge in [0.25, 0.3) is 11.5 Å². The Hall–Kier alpha value is -2.87. The molecule has 2 fully saturated rings. The van der Waals surface area contributed by atoms with Gasteiger partial charge in [0.1, 0.15) is 11.3 Å². The molecule has 0 aliphatic carbocycles. The highest BCUT2D eigenvalue weighted by Crippen LogP contribution is 2.29. The number of piperazine rings is 1. The molecule has 1 amide bonds.